The molecule has 1 aromatic heterocycles. The number of aliphatic imine (C=N–C) groups is 1. The van der Waals surface area contributed by atoms with Crippen molar-refractivity contribution in [2.45, 2.75) is 12.5 Å². The van der Waals surface area contributed by atoms with Gasteiger partial charge in [0.25, 0.3) is 0 Å². The maximum Gasteiger partial charge on any atom is 0.341 e. The van der Waals surface area contributed by atoms with Crippen molar-refractivity contribution in [1.29, 1.82) is 0 Å². The highest BCUT2D eigenvalue weighted by molar-refractivity contribution is 5.98. The van der Waals surface area contributed by atoms with Gasteiger partial charge in [-0.3, -0.25) is 4.99 Å². The van der Waals surface area contributed by atoms with E-state index in [4.69, 9.17) is 0 Å². The number of hydrogen-bond acceptors (Lipinski definition) is 7. The van der Waals surface area contributed by atoms with Crippen LogP contribution >= 0.6 is 0 Å². The molecule has 1 fully saturated rings. The highest BCUT2D eigenvalue weighted by Crippen LogP contribution is 2.30. The molecule has 32 heavy (non-hydrogen) atoms. The van der Waals surface area contributed by atoms with E-state index in [2.05, 4.69) is 25.4 Å². The average Bonchev–Trinajstić information content (AvgIpc) is 3.51. The Morgan fingerprint density at radius 1 is 1.09 bits per heavy atom. The molecule has 1 saturated heterocycles. The minimum absolute atomic E-state index is 0.285. The number of amidine groups is 1. The van der Waals surface area contributed by atoms with E-state index in [9.17, 15) is 13.6 Å². The highest BCUT2D eigenvalue weighted by atomic mass is 19.1. The summed E-state index contributed by atoms with van der Waals surface area (Å²) < 4.78 is 27.3. The molecule has 3 aliphatic rings. The number of carbonyl (C=O) groups is 1. The first kappa shape index (κ1) is 20.3. The van der Waals surface area contributed by atoms with Crippen LogP contribution in [0.3, 0.4) is 0 Å². The third-order valence-electron chi connectivity index (χ3n) is 5.69. The zero-order valence-corrected chi connectivity index (χ0v) is 17.3. The fourth-order valence-electron chi connectivity index (χ4n) is 4.09. The molecule has 2 amide bonds. The molecule has 0 bridgehead atoms. The lowest BCUT2D eigenvalue weighted by Crippen LogP contribution is -2.52. The Labute approximate surface area is 183 Å². The van der Waals surface area contributed by atoms with Crippen LogP contribution in [0.5, 0.6) is 0 Å². The summed E-state index contributed by atoms with van der Waals surface area (Å²) in [6, 6.07) is 4.32. The molecular formula is C21H22F2N8O. The summed E-state index contributed by atoms with van der Waals surface area (Å²) in [6.45, 7) is 3.58. The molecule has 0 radical (unpaired) electrons. The summed E-state index contributed by atoms with van der Waals surface area (Å²) in [6.07, 6.45) is 3.72. The first-order chi connectivity index (χ1) is 15.6. The topological polar surface area (TPSA) is 89.3 Å². The van der Waals surface area contributed by atoms with Crippen molar-refractivity contribution >= 4 is 24.0 Å². The molecular weight excluding hydrogens is 418 g/mol. The molecule has 0 aliphatic carbocycles. The lowest BCUT2D eigenvalue weighted by Gasteiger charge is -2.37. The number of carbonyl (C=O) groups excluding carboxylic acids is 1. The van der Waals surface area contributed by atoms with Crippen molar-refractivity contribution in [1.82, 2.24) is 25.2 Å². The minimum Gasteiger partial charge on any atom is -0.367 e. The minimum atomic E-state index is -0.672. The quantitative estimate of drug-likeness (QED) is 0.786. The van der Waals surface area contributed by atoms with Crippen LogP contribution in [0.15, 0.2) is 40.6 Å². The Morgan fingerprint density at radius 2 is 1.88 bits per heavy atom. The van der Waals surface area contributed by atoms with Crippen LogP contribution in [0.2, 0.25) is 0 Å². The Kier molecular flexibility index (Phi) is 5.38. The van der Waals surface area contributed by atoms with Gasteiger partial charge < -0.3 is 15.1 Å². The number of hydrogen-bond donors (Lipinski definition) is 1. The van der Waals surface area contributed by atoms with E-state index in [1.165, 1.54) is 17.1 Å². The molecule has 0 unspecified atom stereocenters. The van der Waals surface area contributed by atoms with E-state index in [1.54, 1.807) is 17.3 Å². The first-order valence-electron chi connectivity index (χ1n) is 10.5. The number of piperazine rings is 1. The Balaban J connectivity index is 1.24. The van der Waals surface area contributed by atoms with Crippen LogP contribution in [0.25, 0.3) is 0 Å². The first-order valence-corrected chi connectivity index (χ1v) is 10.5. The van der Waals surface area contributed by atoms with Gasteiger partial charge in [-0.25, -0.2) is 28.6 Å². The number of rotatable bonds is 3. The number of benzene rings is 1. The molecule has 9 nitrogen and oxygen atoms in total. The molecule has 3 aliphatic heterocycles. The summed E-state index contributed by atoms with van der Waals surface area (Å²) in [4.78, 5) is 30.2. The fraction of sp³-hybridized carbons (Fsp3) is 0.381. The molecule has 11 heteroatoms. The van der Waals surface area contributed by atoms with Crippen LogP contribution in [0.4, 0.5) is 19.5 Å². The molecule has 166 valence electrons. The Morgan fingerprint density at radius 3 is 2.59 bits per heavy atom. The zero-order chi connectivity index (χ0) is 22.1. The van der Waals surface area contributed by atoms with Crippen LogP contribution in [0.1, 0.15) is 23.7 Å². The predicted molar refractivity (Wildman–Crippen MR) is 115 cm³/mol. The van der Waals surface area contributed by atoms with Gasteiger partial charge in [-0.1, -0.05) is 0 Å². The van der Waals surface area contributed by atoms with E-state index in [0.29, 0.717) is 44.1 Å². The van der Waals surface area contributed by atoms with Crippen molar-refractivity contribution in [2.75, 3.05) is 44.2 Å². The Bertz CT molecular complexity index is 1060. The molecule has 1 atom stereocenters. The number of anilines is 1. The largest absolute Gasteiger partial charge is 0.367 e. The van der Waals surface area contributed by atoms with Gasteiger partial charge >= 0.3 is 6.03 Å². The van der Waals surface area contributed by atoms with E-state index in [-0.39, 0.29) is 6.03 Å². The summed E-state index contributed by atoms with van der Waals surface area (Å²) in [5.41, 5.74) is 1.14. The number of halogens is 2. The van der Waals surface area contributed by atoms with Crippen molar-refractivity contribution in [3.8, 4) is 0 Å². The molecule has 1 N–H and O–H groups in total. The van der Waals surface area contributed by atoms with Gasteiger partial charge in [-0.05, 0) is 23.8 Å². The second kappa shape index (κ2) is 8.48. The summed E-state index contributed by atoms with van der Waals surface area (Å²) in [5, 5.41) is 8.69. The van der Waals surface area contributed by atoms with Gasteiger partial charge in [0.15, 0.2) is 0 Å². The summed E-state index contributed by atoms with van der Waals surface area (Å²) >= 11 is 0. The summed E-state index contributed by atoms with van der Waals surface area (Å²) in [7, 11) is 0. The van der Waals surface area contributed by atoms with Crippen molar-refractivity contribution in [3.63, 3.8) is 0 Å². The van der Waals surface area contributed by atoms with Crippen LogP contribution in [-0.2, 0) is 0 Å². The predicted octanol–water partition coefficient (Wildman–Crippen LogP) is 1.78. The SMILES string of the molecule is O=C(N1CCN(c2nccc(C3=NCCN3)n2)CC1)N1N=CC[C@H]1c1cc(F)cc(F)c1. The number of amides is 2. The molecule has 4 heterocycles. The van der Waals surface area contributed by atoms with E-state index in [0.717, 1.165) is 30.7 Å². The van der Waals surface area contributed by atoms with E-state index < -0.39 is 17.7 Å². The molecule has 2 aromatic rings. The van der Waals surface area contributed by atoms with E-state index >= 15 is 0 Å². The van der Waals surface area contributed by atoms with Crippen LogP contribution in [-0.4, -0.2) is 77.2 Å². The fourth-order valence-corrected chi connectivity index (χ4v) is 4.09. The number of hydrazone groups is 1. The summed E-state index contributed by atoms with van der Waals surface area (Å²) in [5.74, 6) is 0.0234. The maximum absolute atomic E-state index is 13.7. The third-order valence-corrected chi connectivity index (χ3v) is 5.69. The van der Waals surface area contributed by atoms with Gasteiger partial charge in [0, 0.05) is 57.6 Å². The Hall–Kier alpha value is -3.63. The standard InChI is InChI=1S/C21H22F2N8O/c22-15-11-14(12-16(23)13-15)18-2-4-27-31(18)21(32)30-9-7-29(8-10-30)20-26-3-1-17(28-20)19-24-5-6-25-19/h1,3-4,11-13,18H,2,5-10H2,(H,24,25)/t18-/m0/s1. The number of aromatic nitrogens is 2. The lowest BCUT2D eigenvalue weighted by molar-refractivity contribution is 0.139. The molecule has 5 rings (SSSR count). The second-order valence-electron chi connectivity index (χ2n) is 7.75. The number of urea groups is 1. The third kappa shape index (κ3) is 3.97. The van der Waals surface area contributed by atoms with Gasteiger partial charge in [0.2, 0.25) is 5.95 Å². The van der Waals surface area contributed by atoms with Gasteiger partial charge in [-0.2, -0.15) is 5.10 Å². The van der Waals surface area contributed by atoms with Gasteiger partial charge in [-0.15, -0.1) is 0 Å². The van der Waals surface area contributed by atoms with Crippen LogP contribution in [0, 0.1) is 11.6 Å². The van der Waals surface area contributed by atoms with Gasteiger partial charge in [0.05, 0.1) is 12.6 Å². The normalized spacial score (nSPS) is 20.5. The molecule has 1 aromatic carbocycles. The van der Waals surface area contributed by atoms with Crippen molar-refractivity contribution in [3.05, 3.63) is 53.4 Å². The molecule has 0 spiro atoms. The number of nitrogens with zero attached hydrogens (tertiary/aromatic N) is 7. The lowest BCUT2D eigenvalue weighted by atomic mass is 10.0. The monoisotopic (exact) mass is 440 g/mol. The number of nitrogens with one attached hydrogen (secondary N) is 1. The van der Waals surface area contributed by atoms with E-state index in [1.807, 2.05) is 11.0 Å². The van der Waals surface area contributed by atoms with Gasteiger partial charge in [0.1, 0.15) is 23.2 Å². The van der Waals surface area contributed by atoms with Crippen molar-refractivity contribution in [2.24, 2.45) is 10.1 Å². The maximum atomic E-state index is 13.7. The smallest absolute Gasteiger partial charge is 0.341 e. The zero-order valence-electron chi connectivity index (χ0n) is 17.3. The highest BCUT2D eigenvalue weighted by Gasteiger charge is 2.34. The average molecular weight is 440 g/mol. The molecule has 0 saturated carbocycles. The second-order valence-corrected chi connectivity index (χ2v) is 7.75. The van der Waals surface area contributed by atoms with Crippen LogP contribution < -0.4 is 10.2 Å². The van der Waals surface area contributed by atoms with Crippen molar-refractivity contribution < 1.29 is 13.6 Å².